The Morgan fingerprint density at radius 3 is 2.93 bits per heavy atom. The number of halogens is 1. The van der Waals surface area contributed by atoms with Crippen molar-refractivity contribution in [3.63, 3.8) is 0 Å². The lowest BCUT2D eigenvalue weighted by Crippen LogP contribution is -2.38. The van der Waals surface area contributed by atoms with Crippen LogP contribution in [0.15, 0.2) is 53.8 Å². The molecule has 4 aromatic rings. The quantitative estimate of drug-likeness (QED) is 0.214. The average Bonchev–Trinajstić information content (AvgIpc) is 3.30. The van der Waals surface area contributed by atoms with Crippen molar-refractivity contribution in [1.29, 1.82) is 0 Å². The fourth-order valence-corrected chi connectivity index (χ4v) is 3.31. The van der Waals surface area contributed by atoms with E-state index < -0.39 is 0 Å². The molecular formula is C21H26IN7. The van der Waals surface area contributed by atoms with Crippen LogP contribution in [0.2, 0.25) is 0 Å². The number of aromatic amines is 1. The monoisotopic (exact) mass is 503 g/mol. The summed E-state index contributed by atoms with van der Waals surface area (Å²) in [6.07, 6.45) is 4.97. The van der Waals surface area contributed by atoms with E-state index in [0.717, 1.165) is 36.9 Å². The molecule has 0 amide bonds. The molecule has 7 nitrogen and oxygen atoms in total. The molecule has 3 aromatic heterocycles. The Balaban J connectivity index is 0.00000240. The van der Waals surface area contributed by atoms with Crippen molar-refractivity contribution in [2.24, 2.45) is 4.99 Å². The van der Waals surface area contributed by atoms with Gasteiger partial charge in [-0.05, 0) is 49.6 Å². The summed E-state index contributed by atoms with van der Waals surface area (Å²) in [6.45, 7) is 6.24. The maximum Gasteiger partial charge on any atom is 0.191 e. The topological polar surface area (TPSA) is 82.4 Å². The highest BCUT2D eigenvalue weighted by molar-refractivity contribution is 14.0. The SMILES string of the molecule is CCNC(=NCc1nnc2ccccn12)NCCc1c[nH]c2cc(C)ccc12.I. The third kappa shape index (κ3) is 4.87. The van der Waals surface area contributed by atoms with E-state index in [0.29, 0.717) is 6.54 Å². The summed E-state index contributed by atoms with van der Waals surface area (Å²) < 4.78 is 1.96. The van der Waals surface area contributed by atoms with Gasteiger partial charge in [0.15, 0.2) is 17.4 Å². The van der Waals surface area contributed by atoms with Gasteiger partial charge in [-0.15, -0.1) is 34.2 Å². The van der Waals surface area contributed by atoms with Gasteiger partial charge >= 0.3 is 0 Å². The Bertz CT molecular complexity index is 1110. The first-order valence-electron chi connectivity index (χ1n) is 9.62. The summed E-state index contributed by atoms with van der Waals surface area (Å²) in [5.74, 6) is 1.60. The largest absolute Gasteiger partial charge is 0.361 e. The van der Waals surface area contributed by atoms with E-state index in [9.17, 15) is 0 Å². The molecule has 0 unspecified atom stereocenters. The van der Waals surface area contributed by atoms with Crippen LogP contribution in [-0.4, -0.2) is 38.6 Å². The zero-order valence-corrected chi connectivity index (χ0v) is 19.0. The Labute approximate surface area is 187 Å². The van der Waals surface area contributed by atoms with Gasteiger partial charge in [-0.3, -0.25) is 4.40 Å². The number of rotatable bonds is 6. The van der Waals surface area contributed by atoms with E-state index >= 15 is 0 Å². The number of benzene rings is 1. The van der Waals surface area contributed by atoms with Crippen LogP contribution in [0.1, 0.15) is 23.9 Å². The number of aliphatic imine (C=N–C) groups is 1. The van der Waals surface area contributed by atoms with Crippen LogP contribution < -0.4 is 10.6 Å². The molecule has 1 aromatic carbocycles. The van der Waals surface area contributed by atoms with Gasteiger partial charge in [0.1, 0.15) is 6.54 Å². The molecule has 3 N–H and O–H groups in total. The lowest BCUT2D eigenvalue weighted by molar-refractivity contribution is 0.789. The number of nitrogens with zero attached hydrogens (tertiary/aromatic N) is 4. The third-order valence-electron chi connectivity index (χ3n) is 4.72. The van der Waals surface area contributed by atoms with Gasteiger partial charge in [-0.25, -0.2) is 4.99 Å². The van der Waals surface area contributed by atoms with E-state index in [1.54, 1.807) is 0 Å². The Kier molecular flexibility index (Phi) is 7.08. The summed E-state index contributed by atoms with van der Waals surface area (Å²) in [7, 11) is 0. The number of pyridine rings is 1. The normalized spacial score (nSPS) is 11.6. The van der Waals surface area contributed by atoms with Crippen LogP contribution in [-0.2, 0) is 13.0 Å². The highest BCUT2D eigenvalue weighted by atomic mass is 127. The molecule has 152 valence electrons. The van der Waals surface area contributed by atoms with Crippen LogP contribution in [0.5, 0.6) is 0 Å². The second-order valence-electron chi connectivity index (χ2n) is 6.78. The van der Waals surface area contributed by atoms with Crippen molar-refractivity contribution < 1.29 is 0 Å². The number of aromatic nitrogens is 4. The summed E-state index contributed by atoms with van der Waals surface area (Å²) in [4.78, 5) is 8.02. The van der Waals surface area contributed by atoms with E-state index in [4.69, 9.17) is 0 Å². The van der Waals surface area contributed by atoms with Crippen LogP contribution in [0, 0.1) is 6.92 Å². The van der Waals surface area contributed by atoms with Gasteiger partial charge in [0.2, 0.25) is 0 Å². The highest BCUT2D eigenvalue weighted by Gasteiger charge is 2.06. The molecule has 0 saturated heterocycles. The van der Waals surface area contributed by atoms with Crippen LogP contribution >= 0.6 is 24.0 Å². The fraction of sp³-hybridized carbons (Fsp3) is 0.286. The predicted octanol–water partition coefficient (Wildman–Crippen LogP) is 3.43. The lowest BCUT2D eigenvalue weighted by Gasteiger charge is -2.11. The van der Waals surface area contributed by atoms with Crippen molar-refractivity contribution in [1.82, 2.24) is 30.2 Å². The molecule has 0 bridgehead atoms. The Morgan fingerprint density at radius 1 is 1.17 bits per heavy atom. The molecular weight excluding hydrogens is 477 g/mol. The molecule has 0 atom stereocenters. The molecule has 0 aliphatic carbocycles. The number of H-pyrrole nitrogens is 1. The molecule has 0 fully saturated rings. The minimum Gasteiger partial charge on any atom is -0.361 e. The van der Waals surface area contributed by atoms with Crippen molar-refractivity contribution in [3.05, 3.63) is 65.7 Å². The fourth-order valence-electron chi connectivity index (χ4n) is 3.31. The average molecular weight is 503 g/mol. The van der Waals surface area contributed by atoms with Gasteiger partial charge in [-0.1, -0.05) is 18.2 Å². The zero-order chi connectivity index (χ0) is 19.3. The second kappa shape index (κ2) is 9.73. The molecule has 0 aliphatic heterocycles. The van der Waals surface area contributed by atoms with Crippen LogP contribution in [0.3, 0.4) is 0 Å². The van der Waals surface area contributed by atoms with E-state index in [1.165, 1.54) is 22.0 Å². The summed E-state index contributed by atoms with van der Waals surface area (Å²) >= 11 is 0. The van der Waals surface area contributed by atoms with Crippen LogP contribution in [0.4, 0.5) is 0 Å². The summed E-state index contributed by atoms with van der Waals surface area (Å²) in [5.41, 5.74) is 4.60. The van der Waals surface area contributed by atoms with Crippen molar-refractivity contribution in [2.75, 3.05) is 13.1 Å². The first-order valence-corrected chi connectivity index (χ1v) is 9.62. The van der Waals surface area contributed by atoms with E-state index in [-0.39, 0.29) is 24.0 Å². The molecule has 4 rings (SSSR count). The van der Waals surface area contributed by atoms with Crippen molar-refractivity contribution in [3.8, 4) is 0 Å². The van der Waals surface area contributed by atoms with Gasteiger partial charge in [0.05, 0.1) is 0 Å². The molecule has 0 spiro atoms. The first kappa shape index (κ1) is 21.1. The lowest BCUT2D eigenvalue weighted by atomic mass is 10.1. The minimum atomic E-state index is 0. The number of hydrogen-bond donors (Lipinski definition) is 3. The summed E-state index contributed by atoms with van der Waals surface area (Å²) in [6, 6.07) is 12.4. The standard InChI is InChI=1S/C21H25N7.HI/c1-3-22-21(25-14-20-27-26-19-6-4-5-11-28(19)20)23-10-9-16-13-24-18-12-15(2)7-8-17(16)18;/h4-8,11-13,24H,3,9-10,14H2,1-2H3,(H2,22,23,25);1H. The minimum absolute atomic E-state index is 0. The van der Waals surface area contributed by atoms with Gasteiger partial charge in [-0.2, -0.15) is 0 Å². The zero-order valence-electron chi connectivity index (χ0n) is 16.6. The van der Waals surface area contributed by atoms with Crippen molar-refractivity contribution >= 4 is 46.5 Å². The number of nitrogens with one attached hydrogen (secondary N) is 3. The predicted molar refractivity (Wildman–Crippen MR) is 128 cm³/mol. The van der Waals surface area contributed by atoms with Gasteiger partial charge in [0.25, 0.3) is 0 Å². The third-order valence-corrected chi connectivity index (χ3v) is 4.72. The van der Waals surface area contributed by atoms with Crippen molar-refractivity contribution in [2.45, 2.75) is 26.8 Å². The molecule has 0 saturated carbocycles. The van der Waals surface area contributed by atoms with E-state index in [1.807, 2.05) is 28.8 Å². The molecule has 29 heavy (non-hydrogen) atoms. The number of aryl methyl sites for hydroxylation is 1. The van der Waals surface area contributed by atoms with Gasteiger partial charge in [0, 0.05) is 36.4 Å². The maximum absolute atomic E-state index is 4.66. The second-order valence-corrected chi connectivity index (χ2v) is 6.78. The maximum atomic E-state index is 4.66. The molecule has 8 heteroatoms. The Morgan fingerprint density at radius 2 is 2.07 bits per heavy atom. The Hall–Kier alpha value is -2.62. The number of fused-ring (bicyclic) bond motifs is 2. The first-order chi connectivity index (χ1) is 13.7. The van der Waals surface area contributed by atoms with E-state index in [2.05, 4.69) is 69.1 Å². The van der Waals surface area contributed by atoms with Crippen LogP contribution in [0.25, 0.3) is 16.6 Å². The smallest absolute Gasteiger partial charge is 0.191 e. The number of hydrogen-bond acceptors (Lipinski definition) is 3. The van der Waals surface area contributed by atoms with Gasteiger partial charge < -0.3 is 15.6 Å². The highest BCUT2D eigenvalue weighted by Crippen LogP contribution is 2.19. The number of guanidine groups is 1. The summed E-state index contributed by atoms with van der Waals surface area (Å²) in [5, 5.41) is 16.4. The molecule has 0 radical (unpaired) electrons. The molecule has 0 aliphatic rings. The molecule has 3 heterocycles.